The smallest absolute Gasteiger partial charge is 0.293 e. The van der Waals surface area contributed by atoms with Gasteiger partial charge in [-0.3, -0.25) is 14.5 Å². The van der Waals surface area contributed by atoms with E-state index in [9.17, 15) is 9.59 Å². The van der Waals surface area contributed by atoms with Crippen LogP contribution in [0.4, 0.5) is 4.79 Å². The van der Waals surface area contributed by atoms with Gasteiger partial charge in [-0.05, 0) is 114 Å². The number of nitrogens with zero attached hydrogens (tertiary/aromatic N) is 1. The zero-order valence-corrected chi connectivity index (χ0v) is 22.1. The topological polar surface area (TPSA) is 55.8 Å². The van der Waals surface area contributed by atoms with Crippen molar-refractivity contribution in [2.45, 2.75) is 13.0 Å². The van der Waals surface area contributed by atoms with Crippen LogP contribution < -0.4 is 4.74 Å². The number of halogens is 3. The number of benzene rings is 2. The summed E-state index contributed by atoms with van der Waals surface area (Å²) in [6, 6.07) is 11.9. The molecule has 3 rings (SSSR count). The summed E-state index contributed by atoms with van der Waals surface area (Å²) in [6.45, 7) is 1.30. The number of hydrogen-bond donors (Lipinski definition) is 0. The van der Waals surface area contributed by atoms with E-state index in [1.807, 2.05) is 36.4 Å². The molecule has 1 saturated heterocycles. The predicted octanol–water partition coefficient (Wildman–Crippen LogP) is 6.47. The number of carbonyl (C=O) groups excluding carboxylic acids is 2. The number of imide groups is 1. The van der Waals surface area contributed by atoms with E-state index in [1.54, 1.807) is 13.2 Å². The summed E-state index contributed by atoms with van der Waals surface area (Å²) in [4.78, 5) is 26.4. The normalized spacial score (nSPS) is 15.3. The Hall–Kier alpha value is -0.880. The molecule has 2 aromatic rings. The molecular weight excluding hydrogens is 649 g/mol. The maximum absolute atomic E-state index is 12.6. The lowest BCUT2D eigenvalue weighted by Crippen LogP contribution is -2.29. The highest BCUT2D eigenvalue weighted by Crippen LogP contribution is 2.38. The van der Waals surface area contributed by atoms with Crippen molar-refractivity contribution < 1.29 is 19.1 Å². The number of ether oxygens (including phenoxy) is 2. The van der Waals surface area contributed by atoms with Crippen LogP contribution in [0.5, 0.6) is 5.75 Å². The standard InChI is InChI=1S/C21H18Br2INO4S/c1-28-8-2-7-25-20(26)18(30-21(25)27)11-14-9-16(22)19(17(23)10-14)29-12-13-3-5-15(24)6-4-13/h3-6,9-11H,2,7-8,12H2,1H3/b18-11+. The minimum absolute atomic E-state index is 0.252. The van der Waals surface area contributed by atoms with Crippen LogP contribution in [0.3, 0.4) is 0 Å². The van der Waals surface area contributed by atoms with E-state index in [2.05, 4.69) is 54.5 Å². The van der Waals surface area contributed by atoms with Crippen molar-refractivity contribution in [2.75, 3.05) is 20.3 Å². The van der Waals surface area contributed by atoms with E-state index in [0.29, 0.717) is 36.8 Å². The largest absolute Gasteiger partial charge is 0.487 e. The molecule has 0 bridgehead atoms. The summed E-state index contributed by atoms with van der Waals surface area (Å²) >= 11 is 10.3. The molecule has 158 valence electrons. The van der Waals surface area contributed by atoms with Gasteiger partial charge in [0, 0.05) is 23.8 Å². The lowest BCUT2D eigenvalue weighted by Gasteiger charge is -2.12. The number of amides is 2. The molecule has 0 aromatic heterocycles. The van der Waals surface area contributed by atoms with E-state index < -0.39 is 0 Å². The summed E-state index contributed by atoms with van der Waals surface area (Å²) in [6.07, 6.45) is 2.34. The molecular formula is C21H18Br2INO4S. The average molecular weight is 667 g/mol. The van der Waals surface area contributed by atoms with Crippen molar-refractivity contribution in [1.29, 1.82) is 0 Å². The Morgan fingerprint density at radius 3 is 2.43 bits per heavy atom. The maximum atomic E-state index is 12.6. The molecule has 30 heavy (non-hydrogen) atoms. The van der Waals surface area contributed by atoms with Crippen molar-refractivity contribution in [2.24, 2.45) is 0 Å². The minimum Gasteiger partial charge on any atom is -0.487 e. The number of thioether (sulfide) groups is 1. The highest BCUT2D eigenvalue weighted by atomic mass is 127. The maximum Gasteiger partial charge on any atom is 0.293 e. The Labute approximate surface area is 210 Å². The number of hydrogen-bond acceptors (Lipinski definition) is 5. The molecule has 5 nitrogen and oxygen atoms in total. The van der Waals surface area contributed by atoms with Gasteiger partial charge < -0.3 is 9.47 Å². The summed E-state index contributed by atoms with van der Waals surface area (Å²) in [5.41, 5.74) is 1.86. The molecule has 2 aromatic carbocycles. The van der Waals surface area contributed by atoms with Crippen LogP contribution in [0, 0.1) is 3.57 Å². The third-order valence-electron chi connectivity index (χ3n) is 4.22. The van der Waals surface area contributed by atoms with E-state index in [1.165, 1.54) is 8.47 Å². The van der Waals surface area contributed by atoms with E-state index >= 15 is 0 Å². The van der Waals surface area contributed by atoms with Crippen molar-refractivity contribution in [1.82, 2.24) is 4.90 Å². The van der Waals surface area contributed by atoms with E-state index in [-0.39, 0.29) is 11.1 Å². The van der Waals surface area contributed by atoms with Crippen molar-refractivity contribution in [3.63, 3.8) is 0 Å². The van der Waals surface area contributed by atoms with Crippen LogP contribution in [0.15, 0.2) is 50.2 Å². The highest BCUT2D eigenvalue weighted by Gasteiger charge is 2.34. The highest BCUT2D eigenvalue weighted by molar-refractivity contribution is 14.1. The fourth-order valence-electron chi connectivity index (χ4n) is 2.75. The summed E-state index contributed by atoms with van der Waals surface area (Å²) in [7, 11) is 1.59. The summed E-state index contributed by atoms with van der Waals surface area (Å²) in [5.74, 6) is 0.408. The first-order valence-electron chi connectivity index (χ1n) is 8.99. The predicted molar refractivity (Wildman–Crippen MR) is 135 cm³/mol. The second-order valence-corrected chi connectivity index (χ2v) is 10.4. The first kappa shape index (κ1) is 23.8. The molecule has 0 radical (unpaired) electrons. The molecule has 0 unspecified atom stereocenters. The minimum atomic E-state index is -0.271. The van der Waals surface area contributed by atoms with Gasteiger partial charge >= 0.3 is 0 Å². The van der Waals surface area contributed by atoms with E-state index in [4.69, 9.17) is 9.47 Å². The fraction of sp³-hybridized carbons (Fsp3) is 0.238. The first-order chi connectivity index (χ1) is 14.4. The number of rotatable bonds is 8. The van der Waals surface area contributed by atoms with Gasteiger partial charge in [0.1, 0.15) is 12.4 Å². The van der Waals surface area contributed by atoms with Crippen molar-refractivity contribution >= 4 is 83.4 Å². The molecule has 0 aliphatic carbocycles. The Bertz CT molecular complexity index is 958. The van der Waals surface area contributed by atoms with Gasteiger partial charge in [0.05, 0.1) is 13.9 Å². The lowest BCUT2D eigenvalue weighted by molar-refractivity contribution is -0.122. The number of carbonyl (C=O) groups is 2. The second kappa shape index (κ2) is 11.1. The zero-order chi connectivity index (χ0) is 21.7. The molecule has 1 heterocycles. The van der Waals surface area contributed by atoms with Gasteiger partial charge in [0.15, 0.2) is 0 Å². The molecule has 0 atom stereocenters. The van der Waals surface area contributed by atoms with E-state index in [0.717, 1.165) is 31.8 Å². The molecule has 0 N–H and O–H groups in total. The third-order valence-corrected chi connectivity index (χ3v) is 7.02. The van der Waals surface area contributed by atoms with Crippen molar-refractivity contribution in [3.05, 3.63) is 64.9 Å². The van der Waals surface area contributed by atoms with Crippen LogP contribution >= 0.6 is 66.2 Å². The zero-order valence-electron chi connectivity index (χ0n) is 16.0. The van der Waals surface area contributed by atoms with Crippen LogP contribution in [-0.4, -0.2) is 36.3 Å². The van der Waals surface area contributed by atoms with Gasteiger partial charge in [-0.1, -0.05) is 12.1 Å². The Morgan fingerprint density at radius 2 is 1.80 bits per heavy atom. The van der Waals surface area contributed by atoms with Crippen LogP contribution in [0.2, 0.25) is 0 Å². The quantitative estimate of drug-likeness (QED) is 0.184. The van der Waals surface area contributed by atoms with Gasteiger partial charge in [0.2, 0.25) is 0 Å². The number of methoxy groups -OCH3 is 1. The van der Waals surface area contributed by atoms with Crippen LogP contribution in [0.25, 0.3) is 6.08 Å². The first-order valence-corrected chi connectivity index (χ1v) is 12.5. The lowest BCUT2D eigenvalue weighted by atomic mass is 10.2. The summed E-state index contributed by atoms with van der Waals surface area (Å²) in [5, 5.41) is -0.252. The monoisotopic (exact) mass is 665 g/mol. The average Bonchev–Trinajstić information content (AvgIpc) is 2.96. The third kappa shape index (κ3) is 6.09. The van der Waals surface area contributed by atoms with Gasteiger partial charge in [-0.15, -0.1) is 0 Å². The molecule has 2 amide bonds. The molecule has 0 spiro atoms. The fourth-order valence-corrected chi connectivity index (χ4v) is 5.42. The molecule has 1 fully saturated rings. The van der Waals surface area contributed by atoms with Crippen LogP contribution in [-0.2, 0) is 16.1 Å². The van der Waals surface area contributed by atoms with Crippen molar-refractivity contribution in [3.8, 4) is 5.75 Å². The summed E-state index contributed by atoms with van der Waals surface area (Å²) < 4.78 is 13.6. The molecule has 1 aliphatic heterocycles. The SMILES string of the molecule is COCCCN1C(=O)S/C(=C/c2cc(Br)c(OCc3ccc(I)cc3)c(Br)c2)C1=O. The Morgan fingerprint density at radius 1 is 1.13 bits per heavy atom. The molecule has 0 saturated carbocycles. The molecule has 1 aliphatic rings. The Balaban J connectivity index is 1.72. The second-order valence-electron chi connectivity index (χ2n) is 6.41. The van der Waals surface area contributed by atoms with Crippen LogP contribution in [0.1, 0.15) is 17.5 Å². The molecule has 9 heteroatoms. The van der Waals surface area contributed by atoms with Gasteiger partial charge in [-0.25, -0.2) is 0 Å². The Kier molecular flexibility index (Phi) is 8.82. The van der Waals surface area contributed by atoms with Gasteiger partial charge in [0.25, 0.3) is 11.1 Å². The van der Waals surface area contributed by atoms with Gasteiger partial charge in [-0.2, -0.15) is 0 Å².